The van der Waals surface area contributed by atoms with E-state index in [9.17, 15) is 10.1 Å². The SMILES string of the molecule is Cc1cc2oc(-c3ccccc3Cl)c(OCc3ccccc3C#N)c(=O)c2cc1C. The van der Waals surface area contributed by atoms with Gasteiger partial charge in [-0.2, -0.15) is 5.26 Å². The van der Waals surface area contributed by atoms with E-state index in [-0.39, 0.29) is 23.5 Å². The lowest BCUT2D eigenvalue weighted by Crippen LogP contribution is -2.11. The van der Waals surface area contributed by atoms with E-state index in [4.69, 9.17) is 20.8 Å². The molecule has 4 rings (SSSR count). The van der Waals surface area contributed by atoms with Crippen LogP contribution in [-0.4, -0.2) is 0 Å². The number of nitrogens with zero attached hydrogens (tertiary/aromatic N) is 1. The fraction of sp³-hybridized carbons (Fsp3) is 0.120. The van der Waals surface area contributed by atoms with Gasteiger partial charge in [-0.05, 0) is 55.3 Å². The lowest BCUT2D eigenvalue weighted by atomic mass is 10.0. The molecule has 30 heavy (non-hydrogen) atoms. The van der Waals surface area contributed by atoms with Crippen LogP contribution in [0.5, 0.6) is 5.75 Å². The van der Waals surface area contributed by atoms with Crippen LogP contribution in [0.15, 0.2) is 69.9 Å². The quantitative estimate of drug-likeness (QED) is 0.399. The lowest BCUT2D eigenvalue weighted by molar-refractivity contribution is 0.297. The van der Waals surface area contributed by atoms with Crippen molar-refractivity contribution < 1.29 is 9.15 Å². The van der Waals surface area contributed by atoms with Gasteiger partial charge in [0.05, 0.1) is 22.0 Å². The molecule has 0 N–H and O–H groups in total. The second kappa shape index (κ2) is 8.06. The molecule has 0 aliphatic rings. The molecular formula is C25H18ClNO3. The van der Waals surface area contributed by atoms with E-state index in [1.165, 1.54) is 0 Å². The summed E-state index contributed by atoms with van der Waals surface area (Å²) < 4.78 is 12.1. The molecular weight excluding hydrogens is 398 g/mol. The van der Waals surface area contributed by atoms with E-state index in [0.717, 1.165) is 11.1 Å². The fourth-order valence-electron chi connectivity index (χ4n) is 3.29. The number of halogens is 1. The number of nitriles is 1. The standard InChI is InChI=1S/C25H18ClNO3/c1-15-11-20-22(12-16(15)2)30-24(19-9-5-6-10-21(19)26)25(23(20)28)29-14-18-8-4-3-7-17(18)13-27/h3-12H,14H2,1-2H3. The summed E-state index contributed by atoms with van der Waals surface area (Å²) in [5, 5.41) is 10.2. The second-order valence-corrected chi connectivity index (χ2v) is 7.47. The number of rotatable bonds is 4. The van der Waals surface area contributed by atoms with Gasteiger partial charge in [0.25, 0.3) is 0 Å². The van der Waals surface area contributed by atoms with Gasteiger partial charge < -0.3 is 9.15 Å². The van der Waals surface area contributed by atoms with Crippen LogP contribution in [0.4, 0.5) is 0 Å². The Morgan fingerprint density at radius 3 is 2.50 bits per heavy atom. The molecule has 0 saturated heterocycles. The van der Waals surface area contributed by atoms with Gasteiger partial charge in [0, 0.05) is 11.1 Å². The molecule has 4 aromatic rings. The van der Waals surface area contributed by atoms with Crippen LogP contribution < -0.4 is 10.2 Å². The van der Waals surface area contributed by atoms with Crippen molar-refractivity contribution in [3.63, 3.8) is 0 Å². The summed E-state index contributed by atoms with van der Waals surface area (Å²) in [4.78, 5) is 13.4. The Kier molecular flexibility index (Phi) is 5.31. The van der Waals surface area contributed by atoms with Crippen molar-refractivity contribution in [2.24, 2.45) is 0 Å². The highest BCUT2D eigenvalue weighted by atomic mass is 35.5. The van der Waals surface area contributed by atoms with Gasteiger partial charge >= 0.3 is 0 Å². The molecule has 3 aromatic carbocycles. The first-order valence-corrected chi connectivity index (χ1v) is 9.81. The molecule has 1 aromatic heterocycles. The summed E-state index contributed by atoms with van der Waals surface area (Å²) in [5.74, 6) is 0.349. The van der Waals surface area contributed by atoms with Crippen LogP contribution in [0.25, 0.3) is 22.3 Å². The van der Waals surface area contributed by atoms with E-state index in [1.54, 1.807) is 30.3 Å². The topological polar surface area (TPSA) is 63.2 Å². The molecule has 0 unspecified atom stereocenters. The van der Waals surface area contributed by atoms with E-state index in [1.807, 2.05) is 44.2 Å². The van der Waals surface area contributed by atoms with Crippen molar-refractivity contribution >= 4 is 22.6 Å². The Labute approximate surface area is 178 Å². The van der Waals surface area contributed by atoms with Crippen LogP contribution in [-0.2, 0) is 6.61 Å². The van der Waals surface area contributed by atoms with E-state index >= 15 is 0 Å². The maximum atomic E-state index is 13.4. The van der Waals surface area contributed by atoms with Gasteiger partial charge in [-0.25, -0.2) is 0 Å². The smallest absolute Gasteiger partial charge is 0.235 e. The second-order valence-electron chi connectivity index (χ2n) is 7.06. The number of benzene rings is 3. The Hall–Kier alpha value is -3.55. The average Bonchev–Trinajstić information content (AvgIpc) is 2.75. The summed E-state index contributed by atoms with van der Waals surface area (Å²) >= 11 is 6.39. The van der Waals surface area contributed by atoms with Crippen LogP contribution in [0.1, 0.15) is 22.3 Å². The summed E-state index contributed by atoms with van der Waals surface area (Å²) in [6.07, 6.45) is 0. The summed E-state index contributed by atoms with van der Waals surface area (Å²) in [6.45, 7) is 3.97. The third kappa shape index (κ3) is 3.56. The fourth-order valence-corrected chi connectivity index (χ4v) is 3.51. The minimum absolute atomic E-state index is 0.0578. The number of fused-ring (bicyclic) bond motifs is 1. The molecule has 0 spiro atoms. The van der Waals surface area contributed by atoms with Crippen molar-refractivity contribution in [1.29, 1.82) is 5.26 Å². The van der Waals surface area contributed by atoms with E-state index in [0.29, 0.717) is 32.7 Å². The highest BCUT2D eigenvalue weighted by Gasteiger charge is 2.20. The normalized spacial score (nSPS) is 10.7. The molecule has 0 aliphatic carbocycles. The number of hydrogen-bond donors (Lipinski definition) is 0. The molecule has 0 radical (unpaired) electrons. The third-order valence-corrected chi connectivity index (χ3v) is 5.42. The van der Waals surface area contributed by atoms with Gasteiger partial charge in [-0.3, -0.25) is 4.79 Å². The Morgan fingerprint density at radius 2 is 1.73 bits per heavy atom. The van der Waals surface area contributed by atoms with Gasteiger partial charge in [0.15, 0.2) is 5.76 Å². The van der Waals surface area contributed by atoms with Gasteiger partial charge in [-0.15, -0.1) is 0 Å². The molecule has 5 heteroatoms. The average molecular weight is 416 g/mol. The molecule has 4 nitrogen and oxygen atoms in total. The van der Waals surface area contributed by atoms with Gasteiger partial charge in [0.2, 0.25) is 11.2 Å². The van der Waals surface area contributed by atoms with Crippen molar-refractivity contribution in [2.45, 2.75) is 20.5 Å². The zero-order valence-electron chi connectivity index (χ0n) is 16.5. The highest BCUT2D eigenvalue weighted by Crippen LogP contribution is 2.36. The molecule has 1 heterocycles. The Morgan fingerprint density at radius 1 is 1.03 bits per heavy atom. The molecule has 0 aliphatic heterocycles. The van der Waals surface area contributed by atoms with E-state index in [2.05, 4.69) is 6.07 Å². The van der Waals surface area contributed by atoms with Crippen molar-refractivity contribution in [2.75, 3.05) is 0 Å². The van der Waals surface area contributed by atoms with E-state index < -0.39 is 0 Å². The van der Waals surface area contributed by atoms with Gasteiger partial charge in [-0.1, -0.05) is 41.9 Å². The number of ether oxygens (including phenoxy) is 1. The summed E-state index contributed by atoms with van der Waals surface area (Å²) in [7, 11) is 0. The predicted octanol–water partition coefficient (Wildman–Crippen LogP) is 6.18. The van der Waals surface area contributed by atoms with Crippen molar-refractivity contribution in [3.05, 3.63) is 98.2 Å². The molecule has 148 valence electrons. The molecule has 0 fully saturated rings. The summed E-state index contributed by atoms with van der Waals surface area (Å²) in [5.41, 5.74) is 3.96. The van der Waals surface area contributed by atoms with Crippen LogP contribution in [0.2, 0.25) is 5.02 Å². The highest BCUT2D eigenvalue weighted by molar-refractivity contribution is 6.33. The van der Waals surface area contributed by atoms with Crippen LogP contribution in [0, 0.1) is 25.2 Å². The first-order valence-electron chi connectivity index (χ1n) is 9.43. The largest absolute Gasteiger partial charge is 0.481 e. The Balaban J connectivity index is 1.92. The molecule has 0 amide bonds. The third-order valence-electron chi connectivity index (χ3n) is 5.09. The maximum Gasteiger partial charge on any atom is 0.235 e. The minimum Gasteiger partial charge on any atom is -0.481 e. The lowest BCUT2D eigenvalue weighted by Gasteiger charge is -2.14. The first kappa shape index (κ1) is 19.8. The zero-order valence-corrected chi connectivity index (χ0v) is 17.3. The first-order chi connectivity index (χ1) is 14.5. The zero-order chi connectivity index (χ0) is 21.3. The summed E-state index contributed by atoms with van der Waals surface area (Å²) in [6, 6.07) is 20.1. The van der Waals surface area contributed by atoms with Crippen molar-refractivity contribution in [3.8, 4) is 23.1 Å². The number of aryl methyl sites for hydroxylation is 2. The van der Waals surface area contributed by atoms with Crippen molar-refractivity contribution in [1.82, 2.24) is 0 Å². The predicted molar refractivity (Wildman–Crippen MR) is 118 cm³/mol. The molecule has 0 bridgehead atoms. The maximum absolute atomic E-state index is 13.4. The monoisotopic (exact) mass is 415 g/mol. The Bertz CT molecular complexity index is 1370. The minimum atomic E-state index is -0.274. The molecule has 0 saturated carbocycles. The van der Waals surface area contributed by atoms with Crippen LogP contribution >= 0.6 is 11.6 Å². The molecule has 0 atom stereocenters. The number of hydrogen-bond acceptors (Lipinski definition) is 4. The van der Waals surface area contributed by atoms with Gasteiger partial charge in [0.1, 0.15) is 12.2 Å². The van der Waals surface area contributed by atoms with Crippen LogP contribution in [0.3, 0.4) is 0 Å².